The Morgan fingerprint density at radius 2 is 2.31 bits per heavy atom. The molecule has 5 heteroatoms. The SMILES string of the molecule is COc1cc(Br)ccc1NC(=O)O. The van der Waals surface area contributed by atoms with Crippen molar-refractivity contribution >= 4 is 27.7 Å². The largest absolute Gasteiger partial charge is 0.495 e. The summed E-state index contributed by atoms with van der Waals surface area (Å²) in [6.07, 6.45) is -1.11. The van der Waals surface area contributed by atoms with Crippen LogP contribution in [0.15, 0.2) is 22.7 Å². The van der Waals surface area contributed by atoms with Crippen molar-refractivity contribution in [3.05, 3.63) is 22.7 Å². The van der Waals surface area contributed by atoms with Crippen LogP contribution in [0, 0.1) is 0 Å². The number of ether oxygens (including phenoxy) is 1. The highest BCUT2D eigenvalue weighted by Gasteiger charge is 2.05. The Labute approximate surface area is 83.6 Å². The quantitative estimate of drug-likeness (QED) is 0.842. The molecule has 13 heavy (non-hydrogen) atoms. The highest BCUT2D eigenvalue weighted by atomic mass is 79.9. The molecule has 1 aromatic carbocycles. The fourth-order valence-electron chi connectivity index (χ4n) is 0.884. The van der Waals surface area contributed by atoms with Gasteiger partial charge in [0.15, 0.2) is 0 Å². The summed E-state index contributed by atoms with van der Waals surface area (Å²) in [5.41, 5.74) is 0.429. The predicted octanol–water partition coefficient (Wildman–Crippen LogP) is 2.55. The highest BCUT2D eigenvalue weighted by Crippen LogP contribution is 2.27. The van der Waals surface area contributed by atoms with E-state index in [1.165, 1.54) is 7.11 Å². The van der Waals surface area contributed by atoms with Crippen molar-refractivity contribution in [2.45, 2.75) is 0 Å². The molecule has 4 nitrogen and oxygen atoms in total. The molecule has 1 aromatic rings. The third-order valence-electron chi connectivity index (χ3n) is 1.41. The van der Waals surface area contributed by atoms with Crippen LogP contribution in [0.3, 0.4) is 0 Å². The molecule has 0 atom stereocenters. The predicted molar refractivity (Wildman–Crippen MR) is 52.3 cm³/mol. The van der Waals surface area contributed by atoms with Crippen molar-refractivity contribution in [1.29, 1.82) is 0 Å². The molecule has 2 N–H and O–H groups in total. The van der Waals surface area contributed by atoms with E-state index in [0.717, 1.165) is 4.47 Å². The van der Waals surface area contributed by atoms with Crippen LogP contribution in [0.2, 0.25) is 0 Å². The van der Waals surface area contributed by atoms with Gasteiger partial charge in [-0.1, -0.05) is 15.9 Å². The zero-order chi connectivity index (χ0) is 9.84. The first-order valence-electron chi connectivity index (χ1n) is 3.47. The molecule has 0 saturated carbocycles. The second kappa shape index (κ2) is 4.13. The summed E-state index contributed by atoms with van der Waals surface area (Å²) < 4.78 is 5.80. The lowest BCUT2D eigenvalue weighted by Gasteiger charge is -2.07. The van der Waals surface area contributed by atoms with Gasteiger partial charge < -0.3 is 9.84 Å². The molecule has 0 radical (unpaired) electrons. The van der Waals surface area contributed by atoms with Crippen LogP contribution < -0.4 is 10.1 Å². The summed E-state index contributed by atoms with van der Waals surface area (Å²) in [6, 6.07) is 5.04. The first-order chi connectivity index (χ1) is 6.13. The van der Waals surface area contributed by atoms with Crippen LogP contribution in [0.5, 0.6) is 5.75 Å². The molecule has 0 aromatic heterocycles. The first-order valence-corrected chi connectivity index (χ1v) is 4.26. The molecule has 0 aliphatic carbocycles. The maximum Gasteiger partial charge on any atom is 0.409 e. The number of carbonyl (C=O) groups is 1. The molecule has 1 rings (SSSR count). The zero-order valence-electron chi connectivity index (χ0n) is 6.87. The molecule has 0 spiro atoms. The number of nitrogens with one attached hydrogen (secondary N) is 1. The van der Waals surface area contributed by atoms with Gasteiger partial charge in [0.25, 0.3) is 0 Å². The van der Waals surface area contributed by atoms with Gasteiger partial charge in [0.05, 0.1) is 12.8 Å². The van der Waals surface area contributed by atoms with E-state index in [0.29, 0.717) is 11.4 Å². The van der Waals surface area contributed by atoms with Crippen molar-refractivity contribution in [1.82, 2.24) is 0 Å². The molecule has 0 fully saturated rings. The Balaban J connectivity index is 2.99. The monoisotopic (exact) mass is 245 g/mol. The molecule has 0 bridgehead atoms. The van der Waals surface area contributed by atoms with E-state index >= 15 is 0 Å². The van der Waals surface area contributed by atoms with Crippen LogP contribution in [-0.4, -0.2) is 18.3 Å². The van der Waals surface area contributed by atoms with Crippen LogP contribution in [0.25, 0.3) is 0 Å². The van der Waals surface area contributed by atoms with Gasteiger partial charge in [-0.05, 0) is 18.2 Å². The fourth-order valence-corrected chi connectivity index (χ4v) is 1.22. The van der Waals surface area contributed by atoms with E-state index in [1.807, 2.05) is 0 Å². The molecule has 1 amide bonds. The minimum atomic E-state index is -1.11. The van der Waals surface area contributed by atoms with Gasteiger partial charge in [-0.25, -0.2) is 4.79 Å². The van der Waals surface area contributed by atoms with Crippen molar-refractivity contribution in [2.24, 2.45) is 0 Å². The lowest BCUT2D eigenvalue weighted by molar-refractivity contribution is 0.209. The molecule has 0 aliphatic heterocycles. The molecule has 0 aliphatic rings. The minimum Gasteiger partial charge on any atom is -0.495 e. The molecule has 0 saturated heterocycles. The van der Waals surface area contributed by atoms with Crippen LogP contribution in [0.1, 0.15) is 0 Å². The third kappa shape index (κ3) is 2.62. The number of anilines is 1. The number of hydrogen-bond acceptors (Lipinski definition) is 2. The standard InChI is InChI=1S/C8H8BrNO3/c1-13-7-4-5(9)2-3-6(7)10-8(11)12/h2-4,10H,1H3,(H,11,12). The highest BCUT2D eigenvalue weighted by molar-refractivity contribution is 9.10. The van der Waals surface area contributed by atoms with E-state index in [4.69, 9.17) is 9.84 Å². The number of rotatable bonds is 2. The van der Waals surface area contributed by atoms with Gasteiger partial charge in [-0.2, -0.15) is 0 Å². The fraction of sp³-hybridized carbons (Fsp3) is 0.125. The van der Waals surface area contributed by atoms with Crippen LogP contribution in [0.4, 0.5) is 10.5 Å². The number of amides is 1. The Hall–Kier alpha value is -1.23. The first kappa shape index (κ1) is 9.85. The summed E-state index contributed by atoms with van der Waals surface area (Å²) in [7, 11) is 1.48. The second-order valence-electron chi connectivity index (χ2n) is 2.27. The maximum absolute atomic E-state index is 10.3. The van der Waals surface area contributed by atoms with Gasteiger partial charge in [-0.15, -0.1) is 0 Å². The van der Waals surface area contributed by atoms with Crippen molar-refractivity contribution < 1.29 is 14.6 Å². The molecule has 0 heterocycles. The topological polar surface area (TPSA) is 58.6 Å². The average molecular weight is 246 g/mol. The Bertz CT molecular complexity index is 327. The van der Waals surface area contributed by atoms with Gasteiger partial charge >= 0.3 is 6.09 Å². The smallest absolute Gasteiger partial charge is 0.409 e. The van der Waals surface area contributed by atoms with E-state index in [1.54, 1.807) is 18.2 Å². The normalized spacial score (nSPS) is 9.38. The van der Waals surface area contributed by atoms with E-state index in [-0.39, 0.29) is 0 Å². The van der Waals surface area contributed by atoms with Gasteiger partial charge in [-0.3, -0.25) is 5.32 Å². The number of carboxylic acid groups (broad SMARTS) is 1. The Kier molecular flexibility index (Phi) is 3.13. The Morgan fingerprint density at radius 1 is 1.62 bits per heavy atom. The number of hydrogen-bond donors (Lipinski definition) is 2. The third-order valence-corrected chi connectivity index (χ3v) is 1.90. The number of benzene rings is 1. The van der Waals surface area contributed by atoms with E-state index < -0.39 is 6.09 Å². The second-order valence-corrected chi connectivity index (χ2v) is 3.19. The lowest BCUT2D eigenvalue weighted by atomic mass is 10.3. The van der Waals surface area contributed by atoms with Gasteiger partial charge in [0, 0.05) is 4.47 Å². The molecule has 0 unspecified atom stereocenters. The number of methoxy groups -OCH3 is 1. The van der Waals surface area contributed by atoms with Crippen molar-refractivity contribution in [2.75, 3.05) is 12.4 Å². The van der Waals surface area contributed by atoms with E-state index in [9.17, 15) is 4.79 Å². The summed E-state index contributed by atoms with van der Waals surface area (Å²) in [6.45, 7) is 0. The summed E-state index contributed by atoms with van der Waals surface area (Å²) in [5, 5.41) is 10.7. The number of halogens is 1. The average Bonchev–Trinajstić information content (AvgIpc) is 2.07. The molecule has 70 valence electrons. The van der Waals surface area contributed by atoms with Crippen molar-refractivity contribution in [3.63, 3.8) is 0 Å². The lowest BCUT2D eigenvalue weighted by Crippen LogP contribution is -2.08. The van der Waals surface area contributed by atoms with Crippen molar-refractivity contribution in [3.8, 4) is 5.75 Å². The minimum absolute atomic E-state index is 0.429. The summed E-state index contributed by atoms with van der Waals surface area (Å²) in [4.78, 5) is 10.3. The molecular formula is C8H8BrNO3. The summed E-state index contributed by atoms with van der Waals surface area (Å²) in [5.74, 6) is 0.483. The summed E-state index contributed by atoms with van der Waals surface area (Å²) >= 11 is 3.25. The van der Waals surface area contributed by atoms with Crippen LogP contribution in [-0.2, 0) is 0 Å². The van der Waals surface area contributed by atoms with Crippen LogP contribution >= 0.6 is 15.9 Å². The van der Waals surface area contributed by atoms with Gasteiger partial charge in [0.2, 0.25) is 0 Å². The van der Waals surface area contributed by atoms with Gasteiger partial charge in [0.1, 0.15) is 5.75 Å². The Morgan fingerprint density at radius 3 is 2.85 bits per heavy atom. The zero-order valence-corrected chi connectivity index (χ0v) is 8.46. The maximum atomic E-state index is 10.3. The van der Waals surface area contributed by atoms with E-state index in [2.05, 4.69) is 21.2 Å². The molecular weight excluding hydrogens is 238 g/mol.